The molecule has 4 rings (SSSR count). The second-order valence-electron chi connectivity index (χ2n) is 7.55. The number of aromatic nitrogens is 2. The fourth-order valence-corrected chi connectivity index (χ4v) is 3.37. The number of hydrogen-bond acceptors (Lipinski definition) is 4. The molecule has 160 valence electrons. The van der Waals surface area contributed by atoms with Crippen LogP contribution in [0.5, 0.6) is 0 Å². The molecular weight excluding hydrogens is 400 g/mol. The van der Waals surface area contributed by atoms with E-state index < -0.39 is 0 Å². The quantitative estimate of drug-likeness (QED) is 0.457. The van der Waals surface area contributed by atoms with Gasteiger partial charge in [0, 0.05) is 24.2 Å². The molecule has 0 bridgehead atoms. The summed E-state index contributed by atoms with van der Waals surface area (Å²) < 4.78 is 0. The summed E-state index contributed by atoms with van der Waals surface area (Å²) in [6.45, 7) is 4.46. The van der Waals surface area contributed by atoms with E-state index in [1.165, 1.54) is 0 Å². The predicted octanol–water partition coefficient (Wildman–Crippen LogP) is 4.07. The van der Waals surface area contributed by atoms with Crippen molar-refractivity contribution in [2.75, 3.05) is 13.1 Å². The normalized spacial score (nSPS) is 10.7. The van der Waals surface area contributed by atoms with Crippen LogP contribution in [0.15, 0.2) is 72.8 Å². The average Bonchev–Trinajstić information content (AvgIpc) is 2.82. The Morgan fingerprint density at radius 1 is 0.656 bits per heavy atom. The first-order valence-electron chi connectivity index (χ1n) is 10.5. The molecule has 0 aliphatic heterocycles. The molecule has 0 aliphatic rings. The largest absolute Gasteiger partial charge is 0.350 e. The number of nitrogens with one attached hydrogen (secondary N) is 2. The van der Waals surface area contributed by atoms with Crippen LogP contribution in [0.2, 0.25) is 0 Å². The van der Waals surface area contributed by atoms with Crippen molar-refractivity contribution in [1.82, 2.24) is 20.6 Å². The van der Waals surface area contributed by atoms with Gasteiger partial charge in [-0.25, -0.2) is 9.97 Å². The first kappa shape index (κ1) is 21.2. The molecular formula is C26H24N4O2. The average molecular weight is 425 g/mol. The lowest BCUT2D eigenvalue weighted by Gasteiger charge is -2.09. The molecule has 0 saturated heterocycles. The Balaban J connectivity index is 1.29. The van der Waals surface area contributed by atoms with Crippen molar-refractivity contribution in [1.29, 1.82) is 0 Å². The fraction of sp³-hybridized carbons (Fsp3) is 0.154. The van der Waals surface area contributed by atoms with Crippen LogP contribution < -0.4 is 10.6 Å². The van der Waals surface area contributed by atoms with Crippen LogP contribution in [0.25, 0.3) is 22.2 Å². The zero-order valence-electron chi connectivity index (χ0n) is 18.1. The molecule has 32 heavy (non-hydrogen) atoms. The number of amides is 2. The maximum Gasteiger partial charge on any atom is 0.251 e. The van der Waals surface area contributed by atoms with Gasteiger partial charge in [0.1, 0.15) is 0 Å². The Morgan fingerprint density at radius 3 is 1.84 bits per heavy atom. The molecule has 0 radical (unpaired) electrons. The third kappa shape index (κ3) is 4.81. The van der Waals surface area contributed by atoms with E-state index in [-0.39, 0.29) is 11.8 Å². The zero-order valence-corrected chi connectivity index (χ0v) is 18.1. The summed E-state index contributed by atoms with van der Waals surface area (Å²) in [5, 5.41) is 5.66. The monoisotopic (exact) mass is 424 g/mol. The molecule has 2 N–H and O–H groups in total. The molecule has 4 aromatic rings. The van der Waals surface area contributed by atoms with E-state index >= 15 is 0 Å². The molecule has 0 saturated carbocycles. The van der Waals surface area contributed by atoms with Crippen LogP contribution in [-0.4, -0.2) is 34.9 Å². The highest BCUT2D eigenvalue weighted by molar-refractivity contribution is 5.97. The first-order valence-corrected chi connectivity index (χ1v) is 10.5. The van der Waals surface area contributed by atoms with Crippen molar-refractivity contribution >= 4 is 22.8 Å². The third-order valence-corrected chi connectivity index (χ3v) is 5.29. The molecule has 3 aromatic carbocycles. The van der Waals surface area contributed by atoms with Gasteiger partial charge >= 0.3 is 0 Å². The summed E-state index contributed by atoms with van der Waals surface area (Å²) in [5.41, 5.74) is 6.41. The van der Waals surface area contributed by atoms with E-state index in [1.807, 2.05) is 56.3 Å². The lowest BCUT2D eigenvalue weighted by atomic mass is 10.0. The molecule has 1 heterocycles. The van der Waals surface area contributed by atoms with Gasteiger partial charge in [-0.2, -0.15) is 0 Å². The summed E-state index contributed by atoms with van der Waals surface area (Å²) >= 11 is 0. The molecule has 6 heteroatoms. The number of carbonyl (C=O) groups is 2. The number of aryl methyl sites for hydroxylation is 2. The molecule has 2 amide bonds. The van der Waals surface area contributed by atoms with E-state index in [9.17, 15) is 9.59 Å². The highest BCUT2D eigenvalue weighted by Gasteiger charge is 2.09. The van der Waals surface area contributed by atoms with Crippen LogP contribution in [0.4, 0.5) is 0 Å². The molecule has 0 fully saturated rings. The van der Waals surface area contributed by atoms with E-state index in [0.717, 1.165) is 28.0 Å². The van der Waals surface area contributed by atoms with Gasteiger partial charge in [0.25, 0.3) is 11.8 Å². The second kappa shape index (κ2) is 9.39. The Labute approximate surface area is 186 Å². The number of fused-ring (bicyclic) bond motifs is 1. The summed E-state index contributed by atoms with van der Waals surface area (Å²) in [5.74, 6) is -0.390. The minimum Gasteiger partial charge on any atom is -0.350 e. The van der Waals surface area contributed by atoms with Crippen molar-refractivity contribution < 1.29 is 9.59 Å². The molecule has 0 aliphatic carbocycles. The highest BCUT2D eigenvalue weighted by Crippen LogP contribution is 2.19. The van der Waals surface area contributed by atoms with Crippen molar-refractivity contribution in [2.24, 2.45) is 0 Å². The standard InChI is InChI=1S/C26H24N4O2/c1-17-18(2)30-24-16-22(12-13-23(24)29-17)26(32)28-15-14-27-25(31)21-10-8-20(9-11-21)19-6-4-3-5-7-19/h3-13,16H,14-15H2,1-2H3,(H,27,31)(H,28,32). The van der Waals surface area contributed by atoms with Gasteiger partial charge in [0.05, 0.1) is 22.4 Å². The molecule has 0 unspecified atom stereocenters. The molecule has 1 aromatic heterocycles. The van der Waals surface area contributed by atoms with E-state index in [4.69, 9.17) is 0 Å². The summed E-state index contributed by atoms with van der Waals surface area (Å²) in [6, 6.07) is 22.7. The van der Waals surface area contributed by atoms with Crippen LogP contribution in [0.1, 0.15) is 32.1 Å². The van der Waals surface area contributed by atoms with Crippen molar-refractivity contribution in [3.8, 4) is 11.1 Å². The number of benzene rings is 3. The van der Waals surface area contributed by atoms with Crippen LogP contribution in [0, 0.1) is 13.8 Å². The predicted molar refractivity (Wildman–Crippen MR) is 126 cm³/mol. The SMILES string of the molecule is Cc1nc2ccc(C(=O)NCCNC(=O)c3ccc(-c4ccccc4)cc3)cc2nc1C. The Bertz CT molecular complexity index is 1270. The Kier molecular flexibility index (Phi) is 6.22. The van der Waals surface area contributed by atoms with Gasteiger partial charge in [-0.15, -0.1) is 0 Å². The second-order valence-corrected chi connectivity index (χ2v) is 7.55. The molecule has 6 nitrogen and oxygen atoms in total. The fourth-order valence-electron chi connectivity index (χ4n) is 3.37. The Hall–Kier alpha value is -4.06. The van der Waals surface area contributed by atoms with Crippen molar-refractivity contribution in [3.63, 3.8) is 0 Å². The molecule has 0 spiro atoms. The highest BCUT2D eigenvalue weighted by atomic mass is 16.2. The van der Waals surface area contributed by atoms with Gasteiger partial charge in [0.15, 0.2) is 0 Å². The van der Waals surface area contributed by atoms with Gasteiger partial charge < -0.3 is 10.6 Å². The number of rotatable bonds is 6. The minimum absolute atomic E-state index is 0.175. The Morgan fingerprint density at radius 2 is 1.19 bits per heavy atom. The van der Waals surface area contributed by atoms with Gasteiger partial charge in [-0.3, -0.25) is 9.59 Å². The summed E-state index contributed by atoms with van der Waals surface area (Å²) in [7, 11) is 0. The number of carbonyl (C=O) groups excluding carboxylic acids is 2. The van der Waals surface area contributed by atoms with Crippen LogP contribution in [-0.2, 0) is 0 Å². The topological polar surface area (TPSA) is 84.0 Å². The van der Waals surface area contributed by atoms with E-state index in [1.54, 1.807) is 30.3 Å². The number of hydrogen-bond donors (Lipinski definition) is 2. The lowest BCUT2D eigenvalue weighted by molar-refractivity contribution is 0.0928. The maximum atomic E-state index is 12.5. The zero-order chi connectivity index (χ0) is 22.5. The van der Waals surface area contributed by atoms with Gasteiger partial charge in [-0.05, 0) is 55.3 Å². The summed E-state index contributed by atoms with van der Waals surface area (Å²) in [4.78, 5) is 33.8. The lowest BCUT2D eigenvalue weighted by Crippen LogP contribution is -2.34. The molecule has 0 atom stereocenters. The van der Waals surface area contributed by atoms with E-state index in [2.05, 4.69) is 20.6 Å². The van der Waals surface area contributed by atoms with E-state index in [0.29, 0.717) is 29.7 Å². The van der Waals surface area contributed by atoms with Gasteiger partial charge in [0.2, 0.25) is 0 Å². The third-order valence-electron chi connectivity index (χ3n) is 5.29. The van der Waals surface area contributed by atoms with Crippen LogP contribution in [0.3, 0.4) is 0 Å². The maximum absolute atomic E-state index is 12.5. The van der Waals surface area contributed by atoms with Crippen LogP contribution >= 0.6 is 0 Å². The van der Waals surface area contributed by atoms with Crippen molar-refractivity contribution in [2.45, 2.75) is 13.8 Å². The first-order chi connectivity index (χ1) is 15.5. The smallest absolute Gasteiger partial charge is 0.251 e. The van der Waals surface area contributed by atoms with Gasteiger partial charge in [-0.1, -0.05) is 42.5 Å². The minimum atomic E-state index is -0.214. The summed E-state index contributed by atoms with van der Waals surface area (Å²) in [6.07, 6.45) is 0. The van der Waals surface area contributed by atoms with Crippen molar-refractivity contribution in [3.05, 3.63) is 95.3 Å². The number of nitrogens with zero attached hydrogens (tertiary/aromatic N) is 2.